The SMILES string of the molecule is Cc1c(C=O)c(C(C)C)cc2c1CCC2(C)C. The summed E-state index contributed by atoms with van der Waals surface area (Å²) in [5, 5.41) is 0. The molecule has 1 heteroatoms. The third-order valence-electron chi connectivity index (χ3n) is 4.26. The third-order valence-corrected chi connectivity index (χ3v) is 4.26. The monoisotopic (exact) mass is 230 g/mol. The van der Waals surface area contributed by atoms with Crippen molar-refractivity contribution in [2.75, 3.05) is 0 Å². The summed E-state index contributed by atoms with van der Waals surface area (Å²) in [5.41, 5.74) is 6.51. The molecular weight excluding hydrogens is 208 g/mol. The second-order valence-corrected chi connectivity index (χ2v) is 6.19. The van der Waals surface area contributed by atoms with Gasteiger partial charge in [0.2, 0.25) is 0 Å². The van der Waals surface area contributed by atoms with Crippen LogP contribution in [0.2, 0.25) is 0 Å². The summed E-state index contributed by atoms with van der Waals surface area (Å²) >= 11 is 0. The molecule has 1 nitrogen and oxygen atoms in total. The van der Waals surface area contributed by atoms with E-state index in [2.05, 4.69) is 40.7 Å². The summed E-state index contributed by atoms with van der Waals surface area (Å²) in [6.07, 6.45) is 3.35. The quantitative estimate of drug-likeness (QED) is 0.697. The van der Waals surface area contributed by atoms with Gasteiger partial charge in [-0.25, -0.2) is 0 Å². The lowest BCUT2D eigenvalue weighted by atomic mass is 9.82. The Kier molecular flexibility index (Phi) is 2.89. The summed E-state index contributed by atoms with van der Waals surface area (Å²) in [4.78, 5) is 11.3. The van der Waals surface area contributed by atoms with Crippen molar-refractivity contribution in [2.24, 2.45) is 0 Å². The number of benzene rings is 1. The molecule has 0 fully saturated rings. The Morgan fingerprint density at radius 1 is 1.35 bits per heavy atom. The van der Waals surface area contributed by atoms with Gasteiger partial charge in [0, 0.05) is 5.56 Å². The van der Waals surface area contributed by atoms with Gasteiger partial charge in [0.1, 0.15) is 0 Å². The number of hydrogen-bond donors (Lipinski definition) is 0. The van der Waals surface area contributed by atoms with Gasteiger partial charge in [0.15, 0.2) is 6.29 Å². The Balaban J connectivity index is 2.73. The van der Waals surface area contributed by atoms with Crippen LogP contribution in [0.25, 0.3) is 0 Å². The fourth-order valence-electron chi connectivity index (χ4n) is 3.03. The largest absolute Gasteiger partial charge is 0.298 e. The summed E-state index contributed by atoms with van der Waals surface area (Å²) in [6.45, 7) is 11.0. The van der Waals surface area contributed by atoms with E-state index < -0.39 is 0 Å². The molecule has 0 saturated heterocycles. The first-order valence-corrected chi connectivity index (χ1v) is 6.50. The first-order valence-electron chi connectivity index (χ1n) is 6.50. The lowest BCUT2D eigenvalue weighted by Gasteiger charge is -2.22. The van der Waals surface area contributed by atoms with Gasteiger partial charge in [0.05, 0.1) is 0 Å². The van der Waals surface area contributed by atoms with Crippen molar-refractivity contribution in [3.63, 3.8) is 0 Å². The number of aldehydes is 1. The lowest BCUT2D eigenvalue weighted by Crippen LogP contribution is -2.13. The van der Waals surface area contributed by atoms with E-state index in [1.807, 2.05) is 0 Å². The highest BCUT2D eigenvalue weighted by atomic mass is 16.1. The first kappa shape index (κ1) is 12.3. The number of fused-ring (bicyclic) bond motifs is 1. The van der Waals surface area contributed by atoms with E-state index >= 15 is 0 Å². The smallest absolute Gasteiger partial charge is 0.150 e. The molecule has 1 aliphatic carbocycles. The zero-order valence-electron chi connectivity index (χ0n) is 11.6. The third kappa shape index (κ3) is 1.82. The zero-order valence-corrected chi connectivity index (χ0v) is 11.6. The molecule has 0 saturated carbocycles. The molecule has 1 aliphatic rings. The van der Waals surface area contributed by atoms with Crippen molar-refractivity contribution in [1.29, 1.82) is 0 Å². The van der Waals surface area contributed by atoms with Crippen LogP contribution >= 0.6 is 0 Å². The van der Waals surface area contributed by atoms with Crippen molar-refractivity contribution in [3.05, 3.63) is 33.9 Å². The van der Waals surface area contributed by atoms with E-state index in [9.17, 15) is 4.79 Å². The van der Waals surface area contributed by atoms with Gasteiger partial charge in [0.25, 0.3) is 0 Å². The molecule has 0 amide bonds. The van der Waals surface area contributed by atoms with Gasteiger partial charge in [-0.1, -0.05) is 33.8 Å². The summed E-state index contributed by atoms with van der Waals surface area (Å²) in [5.74, 6) is 0.413. The van der Waals surface area contributed by atoms with Crippen LogP contribution in [0.4, 0.5) is 0 Å². The van der Waals surface area contributed by atoms with Crippen LogP contribution in [0.1, 0.15) is 72.6 Å². The molecule has 0 aromatic heterocycles. The highest BCUT2D eigenvalue weighted by molar-refractivity contribution is 5.81. The minimum atomic E-state index is 0.269. The van der Waals surface area contributed by atoms with Crippen LogP contribution in [0.15, 0.2) is 6.07 Å². The Morgan fingerprint density at radius 3 is 2.53 bits per heavy atom. The molecule has 0 atom stereocenters. The van der Waals surface area contributed by atoms with Crippen LogP contribution in [0.5, 0.6) is 0 Å². The topological polar surface area (TPSA) is 17.1 Å². The van der Waals surface area contributed by atoms with Crippen molar-refractivity contribution in [1.82, 2.24) is 0 Å². The Hall–Kier alpha value is -1.11. The van der Waals surface area contributed by atoms with Crippen LogP contribution < -0.4 is 0 Å². The molecule has 17 heavy (non-hydrogen) atoms. The molecule has 0 bridgehead atoms. The second kappa shape index (κ2) is 3.97. The molecule has 0 unspecified atom stereocenters. The average molecular weight is 230 g/mol. The summed E-state index contributed by atoms with van der Waals surface area (Å²) < 4.78 is 0. The molecule has 92 valence electrons. The minimum Gasteiger partial charge on any atom is -0.298 e. The van der Waals surface area contributed by atoms with Gasteiger partial charge in [-0.3, -0.25) is 4.79 Å². The molecule has 0 radical (unpaired) electrons. The van der Waals surface area contributed by atoms with Gasteiger partial charge >= 0.3 is 0 Å². The highest BCUT2D eigenvalue weighted by Gasteiger charge is 2.32. The standard InChI is InChI=1S/C16H22O/c1-10(2)13-8-15-12(6-7-16(15,4)5)11(3)14(13)9-17/h8-10H,6-7H2,1-5H3. The van der Waals surface area contributed by atoms with E-state index in [0.717, 1.165) is 18.3 Å². The molecule has 1 aromatic carbocycles. The molecule has 1 aromatic rings. The van der Waals surface area contributed by atoms with E-state index in [4.69, 9.17) is 0 Å². The predicted octanol–water partition coefficient (Wildman–Crippen LogP) is 4.15. The van der Waals surface area contributed by atoms with Crippen molar-refractivity contribution < 1.29 is 4.79 Å². The van der Waals surface area contributed by atoms with Crippen molar-refractivity contribution in [2.45, 2.75) is 58.8 Å². The maximum atomic E-state index is 11.3. The summed E-state index contributed by atoms with van der Waals surface area (Å²) in [6, 6.07) is 2.28. The number of carbonyl (C=O) groups excluding carboxylic acids is 1. The Labute approximate surface area is 104 Å². The molecule has 0 spiro atoms. The molecule has 2 rings (SSSR count). The van der Waals surface area contributed by atoms with Crippen LogP contribution in [-0.2, 0) is 11.8 Å². The maximum Gasteiger partial charge on any atom is 0.150 e. The van der Waals surface area contributed by atoms with Gasteiger partial charge in [-0.2, -0.15) is 0 Å². The highest BCUT2D eigenvalue weighted by Crippen LogP contribution is 2.42. The molecule has 0 N–H and O–H groups in total. The average Bonchev–Trinajstić information content (AvgIpc) is 2.55. The number of carbonyl (C=O) groups is 1. The van der Waals surface area contributed by atoms with Crippen LogP contribution in [0.3, 0.4) is 0 Å². The summed E-state index contributed by atoms with van der Waals surface area (Å²) in [7, 11) is 0. The predicted molar refractivity (Wildman–Crippen MR) is 72.0 cm³/mol. The van der Waals surface area contributed by atoms with E-state index in [-0.39, 0.29) is 5.41 Å². The maximum absolute atomic E-state index is 11.3. The van der Waals surface area contributed by atoms with Crippen LogP contribution in [-0.4, -0.2) is 6.29 Å². The fraction of sp³-hybridized carbons (Fsp3) is 0.562. The Bertz CT molecular complexity index is 467. The number of hydrogen-bond acceptors (Lipinski definition) is 1. The van der Waals surface area contributed by atoms with E-state index in [1.165, 1.54) is 28.7 Å². The molecule has 0 heterocycles. The second-order valence-electron chi connectivity index (χ2n) is 6.19. The van der Waals surface area contributed by atoms with Gasteiger partial charge in [-0.15, -0.1) is 0 Å². The van der Waals surface area contributed by atoms with Gasteiger partial charge < -0.3 is 0 Å². The normalized spacial score (nSPS) is 17.3. The van der Waals surface area contributed by atoms with E-state index in [0.29, 0.717) is 5.92 Å². The molecule has 0 aliphatic heterocycles. The van der Waals surface area contributed by atoms with Crippen LogP contribution in [0, 0.1) is 6.92 Å². The van der Waals surface area contributed by atoms with E-state index in [1.54, 1.807) is 0 Å². The Morgan fingerprint density at radius 2 is 2.00 bits per heavy atom. The first-order chi connectivity index (χ1) is 7.88. The van der Waals surface area contributed by atoms with Crippen molar-refractivity contribution in [3.8, 4) is 0 Å². The fourth-order valence-corrected chi connectivity index (χ4v) is 3.03. The number of rotatable bonds is 2. The van der Waals surface area contributed by atoms with Crippen molar-refractivity contribution >= 4 is 6.29 Å². The zero-order chi connectivity index (χ0) is 12.8. The van der Waals surface area contributed by atoms with Gasteiger partial charge in [-0.05, 0) is 53.4 Å². The molecular formula is C16H22O. The minimum absolute atomic E-state index is 0.269. The lowest BCUT2D eigenvalue weighted by molar-refractivity contribution is 0.112.